The van der Waals surface area contributed by atoms with Gasteiger partial charge in [-0.2, -0.15) is 48.0 Å². The third-order valence-electron chi connectivity index (χ3n) is 9.23. The van der Waals surface area contributed by atoms with Gasteiger partial charge in [0.1, 0.15) is 0 Å². The summed E-state index contributed by atoms with van der Waals surface area (Å²) in [6.07, 6.45) is 8.60. The average molecular weight is 835 g/mol. The summed E-state index contributed by atoms with van der Waals surface area (Å²) in [4.78, 5) is 0. The molecule has 0 N–H and O–H groups in total. The van der Waals surface area contributed by atoms with E-state index in [-0.39, 0.29) is 43.1 Å². The largest absolute Gasteiger partial charge is 0.358 e. The van der Waals surface area contributed by atoms with Gasteiger partial charge in [0.05, 0.1) is 0 Å². The summed E-state index contributed by atoms with van der Waals surface area (Å²) in [6, 6.07) is 45.3. The second-order valence-electron chi connectivity index (χ2n) is 16.5. The maximum Gasteiger partial charge on any atom is -0.171 e. The first-order valence-corrected chi connectivity index (χ1v) is 19.8. The maximum atomic E-state index is 3.88. The normalized spacial score (nSPS) is 13.6. The number of halogens is 2. The summed E-state index contributed by atoms with van der Waals surface area (Å²) in [5, 5.41) is 0. The standard InChI is InChI=1S/C33H33.C10H15.C6H5.CH3.CH2.2ClH.Zr/c1-32(2,3)30-20-26-24(18-28(30)22-13-9-7-10-14-22)17-25-19-29(23-15-11-8-12-16-23)31(21-27(25)26)33(4,5)6;1-8-5-6-9(7-8)10(2,3)4;1-2-4-6-5-3-1;;;;;/h7-16,18,20-21H,17H2,1-6H3;6-8H,1-4H3;1-5H;1H3;1H2;2*1H;/q4*-1;;;;. The Morgan fingerprint density at radius 3 is 1.52 bits per heavy atom. The van der Waals surface area contributed by atoms with Crippen LogP contribution in [0.2, 0.25) is 0 Å². The van der Waals surface area contributed by atoms with Gasteiger partial charge in [0.2, 0.25) is 0 Å². The average Bonchev–Trinajstić information content (AvgIpc) is 3.72. The quantitative estimate of drug-likeness (QED) is 0.152. The van der Waals surface area contributed by atoms with Gasteiger partial charge in [-0.05, 0) is 39.5 Å². The van der Waals surface area contributed by atoms with E-state index in [1.165, 1.54) is 85.4 Å². The second kappa shape index (κ2) is 21.3. The Hall–Kier alpha value is -3.09. The first-order chi connectivity index (χ1) is 24.1. The fraction of sp³-hybridized carbons (Fsp3) is 0.294. The van der Waals surface area contributed by atoms with Crippen molar-refractivity contribution in [3.63, 3.8) is 0 Å². The number of rotatable bonds is 2. The SMILES string of the molecule is CC(C)(C)c1cc2c([c-]c1-c1ccccc1)Cc1cc(-c3ccccc3)c(C(C)(C)C)cc1-2.CC1[C-]=CC(C(C)(C)C)=C1.Cl.Cl.[CH2]=[Zr].[CH3-].[c-]1ccccc1. The molecule has 0 nitrogen and oxygen atoms in total. The molecule has 0 heterocycles. The molecule has 5 aromatic carbocycles. The van der Waals surface area contributed by atoms with Gasteiger partial charge < -0.3 is 7.43 Å². The molecule has 3 heteroatoms. The topological polar surface area (TPSA) is 0 Å². The van der Waals surface area contributed by atoms with Gasteiger partial charge in [-0.1, -0.05) is 170 Å². The number of hydrogen-bond donors (Lipinski definition) is 0. The van der Waals surface area contributed by atoms with Gasteiger partial charge in [-0.3, -0.25) is 6.08 Å². The molecule has 54 heavy (non-hydrogen) atoms. The van der Waals surface area contributed by atoms with Gasteiger partial charge in [0, 0.05) is 0 Å². The van der Waals surface area contributed by atoms with E-state index < -0.39 is 0 Å². The number of benzene rings is 5. The molecule has 0 fully saturated rings. The molecule has 1 atom stereocenters. The second-order valence-corrected chi connectivity index (χ2v) is 16.5. The van der Waals surface area contributed by atoms with Crippen molar-refractivity contribution >= 4 is 29.0 Å². The van der Waals surface area contributed by atoms with Gasteiger partial charge in [-0.15, -0.1) is 53.6 Å². The Morgan fingerprint density at radius 2 is 1.11 bits per heavy atom. The van der Waals surface area contributed by atoms with E-state index in [0.717, 1.165) is 6.42 Å². The van der Waals surface area contributed by atoms with Crippen LogP contribution in [-0.4, -0.2) is 4.21 Å². The molecule has 286 valence electrons. The van der Waals surface area contributed by atoms with E-state index in [4.69, 9.17) is 0 Å². The van der Waals surface area contributed by atoms with E-state index in [1.807, 2.05) is 30.3 Å². The van der Waals surface area contributed by atoms with Crippen molar-refractivity contribution in [2.24, 2.45) is 11.3 Å². The summed E-state index contributed by atoms with van der Waals surface area (Å²) < 4.78 is 3.34. The Kier molecular flexibility index (Phi) is 19.3. The molecule has 0 saturated carbocycles. The van der Waals surface area contributed by atoms with Crippen LogP contribution >= 0.6 is 24.8 Å². The Bertz CT molecular complexity index is 1800. The predicted octanol–water partition coefficient (Wildman–Crippen LogP) is 14.7. The van der Waals surface area contributed by atoms with Crippen LogP contribution in [0.25, 0.3) is 33.4 Å². The van der Waals surface area contributed by atoms with E-state index >= 15 is 0 Å². The van der Waals surface area contributed by atoms with Crippen molar-refractivity contribution in [2.45, 2.75) is 86.5 Å². The molecule has 0 saturated heterocycles. The van der Waals surface area contributed by atoms with E-state index in [0.29, 0.717) is 11.3 Å². The van der Waals surface area contributed by atoms with Crippen molar-refractivity contribution in [1.29, 1.82) is 0 Å². The third kappa shape index (κ3) is 12.7. The van der Waals surface area contributed by atoms with Crippen LogP contribution < -0.4 is 0 Å². The van der Waals surface area contributed by atoms with E-state index in [1.54, 1.807) is 0 Å². The molecule has 5 aromatic rings. The zero-order chi connectivity index (χ0) is 37.4. The number of allylic oxidation sites excluding steroid dienone is 4. The van der Waals surface area contributed by atoms with Crippen LogP contribution in [0.4, 0.5) is 0 Å². The summed E-state index contributed by atoms with van der Waals surface area (Å²) >= 11 is 1.30. The molecule has 2 aliphatic carbocycles. The summed E-state index contributed by atoms with van der Waals surface area (Å²) in [5.74, 6) is 0.522. The Labute approximate surface area is 356 Å². The molecule has 0 spiro atoms. The Balaban J connectivity index is 0.000000576. The zero-order valence-electron chi connectivity index (χ0n) is 34.4. The first-order valence-electron chi connectivity index (χ1n) is 18.1. The van der Waals surface area contributed by atoms with Crippen LogP contribution in [0.15, 0.2) is 127 Å². The monoisotopic (exact) mass is 832 g/mol. The maximum absolute atomic E-state index is 3.88. The molecule has 0 amide bonds. The summed E-state index contributed by atoms with van der Waals surface area (Å²) in [5.41, 5.74) is 15.2. The minimum Gasteiger partial charge on any atom is -0.358 e. The number of hydrogen-bond acceptors (Lipinski definition) is 0. The molecular formula is C51H60Cl2Zr-4. The van der Waals surface area contributed by atoms with E-state index in [9.17, 15) is 0 Å². The molecule has 2 aliphatic rings. The van der Waals surface area contributed by atoms with Gasteiger partial charge in [0.25, 0.3) is 0 Å². The molecule has 0 aromatic heterocycles. The van der Waals surface area contributed by atoms with Crippen molar-refractivity contribution < 1.29 is 24.2 Å². The fourth-order valence-corrected chi connectivity index (χ4v) is 6.50. The fourth-order valence-electron chi connectivity index (χ4n) is 6.50. The molecule has 7 rings (SSSR count). The predicted molar refractivity (Wildman–Crippen MR) is 240 cm³/mol. The Morgan fingerprint density at radius 1 is 0.611 bits per heavy atom. The van der Waals surface area contributed by atoms with E-state index in [2.05, 4.69) is 183 Å². The molecule has 1 unspecified atom stereocenters. The van der Waals surface area contributed by atoms with Crippen molar-refractivity contribution in [1.82, 2.24) is 0 Å². The van der Waals surface area contributed by atoms with Crippen LogP contribution in [0.1, 0.15) is 91.5 Å². The zero-order valence-corrected chi connectivity index (χ0v) is 38.4. The third-order valence-corrected chi connectivity index (χ3v) is 9.23. The smallest absolute Gasteiger partial charge is 0.171 e. The minimum absolute atomic E-state index is 0. The van der Waals surface area contributed by atoms with Gasteiger partial charge >= 0.3 is 28.4 Å². The summed E-state index contributed by atoms with van der Waals surface area (Å²) in [6.45, 7) is 22.7. The minimum atomic E-state index is 0. The van der Waals surface area contributed by atoms with Gasteiger partial charge in [-0.25, -0.2) is 6.08 Å². The summed E-state index contributed by atoms with van der Waals surface area (Å²) in [7, 11) is 0. The van der Waals surface area contributed by atoms with Gasteiger partial charge in [0.15, 0.2) is 0 Å². The van der Waals surface area contributed by atoms with Crippen molar-refractivity contribution in [3.8, 4) is 33.4 Å². The molecule has 0 radical (unpaired) electrons. The van der Waals surface area contributed by atoms with Crippen LogP contribution in [0.5, 0.6) is 0 Å². The molecular weight excluding hydrogens is 775 g/mol. The van der Waals surface area contributed by atoms with Crippen LogP contribution in [0.3, 0.4) is 0 Å². The van der Waals surface area contributed by atoms with Crippen LogP contribution in [0, 0.1) is 37.0 Å². The molecule has 0 bridgehead atoms. The first kappa shape index (κ1) is 48.9. The number of fused-ring (bicyclic) bond motifs is 3. The van der Waals surface area contributed by atoms with Crippen molar-refractivity contribution in [3.05, 3.63) is 175 Å². The van der Waals surface area contributed by atoms with Crippen molar-refractivity contribution in [2.75, 3.05) is 0 Å². The van der Waals surface area contributed by atoms with Crippen LogP contribution in [-0.2, 0) is 41.5 Å². The molecule has 0 aliphatic heterocycles.